The number of anilines is 1. The molecular formula is C14H23N3S. The van der Waals surface area contributed by atoms with Crippen LogP contribution < -0.4 is 10.2 Å². The van der Waals surface area contributed by atoms with Gasteiger partial charge < -0.3 is 10.2 Å². The Balaban J connectivity index is 1.89. The topological polar surface area (TPSA) is 28.2 Å². The first kappa shape index (κ1) is 13.7. The van der Waals surface area contributed by atoms with E-state index in [1.165, 1.54) is 29.9 Å². The van der Waals surface area contributed by atoms with Gasteiger partial charge in [-0.15, -0.1) is 0 Å². The molecule has 18 heavy (non-hydrogen) atoms. The third-order valence-electron chi connectivity index (χ3n) is 3.38. The van der Waals surface area contributed by atoms with Crippen LogP contribution in [0.25, 0.3) is 0 Å². The van der Waals surface area contributed by atoms with E-state index < -0.39 is 0 Å². The number of aromatic nitrogens is 1. The Morgan fingerprint density at radius 3 is 3.00 bits per heavy atom. The fourth-order valence-corrected chi connectivity index (χ4v) is 3.42. The Kier molecular flexibility index (Phi) is 5.32. The van der Waals surface area contributed by atoms with Gasteiger partial charge in [0.15, 0.2) is 0 Å². The van der Waals surface area contributed by atoms with E-state index in [1.54, 1.807) is 0 Å². The molecule has 0 bridgehead atoms. The highest BCUT2D eigenvalue weighted by Crippen LogP contribution is 2.24. The van der Waals surface area contributed by atoms with Crippen molar-refractivity contribution >= 4 is 17.6 Å². The highest BCUT2D eigenvalue weighted by Gasteiger charge is 2.20. The lowest BCUT2D eigenvalue weighted by molar-refractivity contribution is 0.670. The molecule has 1 saturated heterocycles. The van der Waals surface area contributed by atoms with Gasteiger partial charge in [-0.1, -0.05) is 13.0 Å². The molecule has 100 valence electrons. The van der Waals surface area contributed by atoms with Crippen molar-refractivity contribution in [3.63, 3.8) is 0 Å². The molecule has 3 nitrogen and oxygen atoms in total. The van der Waals surface area contributed by atoms with Crippen LogP contribution >= 0.6 is 11.8 Å². The lowest BCUT2D eigenvalue weighted by atomic mass is 10.2. The van der Waals surface area contributed by atoms with Crippen molar-refractivity contribution in [1.82, 2.24) is 10.3 Å². The standard InChI is InChI=1S/C14H23N3S/c1-3-7-15-9-12-4-5-14(16-10-12)17(2)13-6-8-18-11-13/h4-5,10,13,15H,3,6-9,11H2,1-2H3. The average molecular weight is 265 g/mol. The van der Waals surface area contributed by atoms with E-state index in [0.717, 1.165) is 18.9 Å². The SMILES string of the molecule is CCCNCc1ccc(N(C)C2CCSC2)nc1. The molecule has 1 fully saturated rings. The van der Waals surface area contributed by atoms with Gasteiger partial charge in [-0.2, -0.15) is 11.8 Å². The first-order chi connectivity index (χ1) is 8.81. The zero-order valence-electron chi connectivity index (χ0n) is 11.4. The number of rotatable bonds is 6. The van der Waals surface area contributed by atoms with E-state index in [0.29, 0.717) is 6.04 Å². The molecule has 0 radical (unpaired) electrons. The molecule has 1 aliphatic rings. The molecule has 4 heteroatoms. The molecule has 0 aliphatic carbocycles. The Labute approximate surface area is 114 Å². The van der Waals surface area contributed by atoms with Crippen molar-refractivity contribution in [2.24, 2.45) is 0 Å². The minimum Gasteiger partial charge on any atom is -0.356 e. The highest BCUT2D eigenvalue weighted by molar-refractivity contribution is 7.99. The van der Waals surface area contributed by atoms with Crippen LogP contribution in [0.5, 0.6) is 0 Å². The Bertz CT molecular complexity index is 347. The maximum Gasteiger partial charge on any atom is 0.128 e. The van der Waals surface area contributed by atoms with Crippen LogP contribution in [0.3, 0.4) is 0 Å². The zero-order valence-corrected chi connectivity index (χ0v) is 12.2. The van der Waals surface area contributed by atoms with E-state index in [1.807, 2.05) is 18.0 Å². The van der Waals surface area contributed by atoms with Crippen molar-refractivity contribution in [3.8, 4) is 0 Å². The second kappa shape index (κ2) is 7.00. The Morgan fingerprint density at radius 1 is 1.50 bits per heavy atom. The molecule has 0 saturated carbocycles. The van der Waals surface area contributed by atoms with Gasteiger partial charge in [-0.05, 0) is 36.8 Å². The van der Waals surface area contributed by atoms with Gasteiger partial charge in [0.25, 0.3) is 0 Å². The fourth-order valence-electron chi connectivity index (χ4n) is 2.15. The maximum absolute atomic E-state index is 4.58. The van der Waals surface area contributed by atoms with E-state index in [2.05, 4.69) is 41.3 Å². The maximum atomic E-state index is 4.58. The predicted octanol–water partition coefficient (Wildman–Crippen LogP) is 2.52. The van der Waals surface area contributed by atoms with Gasteiger partial charge in [0.2, 0.25) is 0 Å². The number of hydrogen-bond acceptors (Lipinski definition) is 4. The molecule has 1 aliphatic heterocycles. The largest absolute Gasteiger partial charge is 0.356 e. The van der Waals surface area contributed by atoms with E-state index in [4.69, 9.17) is 0 Å². The van der Waals surface area contributed by atoms with Crippen molar-refractivity contribution in [1.29, 1.82) is 0 Å². The lowest BCUT2D eigenvalue weighted by Gasteiger charge is -2.24. The normalized spacial score (nSPS) is 19.1. The third kappa shape index (κ3) is 3.62. The summed E-state index contributed by atoms with van der Waals surface area (Å²) in [5, 5.41) is 3.40. The second-order valence-electron chi connectivity index (χ2n) is 4.83. The van der Waals surface area contributed by atoms with Gasteiger partial charge in [-0.25, -0.2) is 4.98 Å². The summed E-state index contributed by atoms with van der Waals surface area (Å²) in [5.74, 6) is 3.62. The predicted molar refractivity (Wildman–Crippen MR) is 80.4 cm³/mol. The summed E-state index contributed by atoms with van der Waals surface area (Å²) >= 11 is 2.04. The van der Waals surface area contributed by atoms with E-state index in [-0.39, 0.29) is 0 Å². The fraction of sp³-hybridized carbons (Fsp3) is 0.643. The molecule has 0 aromatic carbocycles. The molecular weight excluding hydrogens is 242 g/mol. The molecule has 1 aromatic heterocycles. The van der Waals surface area contributed by atoms with Crippen LogP contribution in [0.2, 0.25) is 0 Å². The summed E-state index contributed by atoms with van der Waals surface area (Å²) in [6.07, 6.45) is 4.45. The summed E-state index contributed by atoms with van der Waals surface area (Å²) in [4.78, 5) is 6.90. The summed E-state index contributed by atoms with van der Waals surface area (Å²) in [6, 6.07) is 4.99. The molecule has 1 aromatic rings. The first-order valence-corrected chi connectivity index (χ1v) is 7.93. The quantitative estimate of drug-likeness (QED) is 0.800. The van der Waals surface area contributed by atoms with Crippen LogP contribution in [0, 0.1) is 0 Å². The van der Waals surface area contributed by atoms with Crippen LogP contribution in [0.15, 0.2) is 18.3 Å². The van der Waals surface area contributed by atoms with Gasteiger partial charge in [0.1, 0.15) is 5.82 Å². The number of pyridine rings is 1. The minimum atomic E-state index is 0.659. The lowest BCUT2D eigenvalue weighted by Crippen LogP contribution is -2.31. The summed E-state index contributed by atoms with van der Waals surface area (Å²) < 4.78 is 0. The first-order valence-electron chi connectivity index (χ1n) is 6.77. The van der Waals surface area contributed by atoms with Crippen molar-refractivity contribution in [2.45, 2.75) is 32.4 Å². The summed E-state index contributed by atoms with van der Waals surface area (Å²) in [7, 11) is 2.16. The molecule has 2 rings (SSSR count). The number of nitrogens with one attached hydrogen (secondary N) is 1. The van der Waals surface area contributed by atoms with Crippen molar-refractivity contribution in [2.75, 3.05) is 30.0 Å². The van der Waals surface area contributed by atoms with Crippen LogP contribution in [-0.4, -0.2) is 36.1 Å². The number of nitrogens with zero attached hydrogens (tertiary/aromatic N) is 2. The summed E-state index contributed by atoms with van der Waals surface area (Å²) in [6.45, 7) is 4.17. The minimum absolute atomic E-state index is 0.659. The van der Waals surface area contributed by atoms with Crippen LogP contribution in [-0.2, 0) is 6.54 Å². The molecule has 1 unspecified atom stereocenters. The number of thioether (sulfide) groups is 1. The average Bonchev–Trinajstić information content (AvgIpc) is 2.93. The van der Waals surface area contributed by atoms with Crippen LogP contribution in [0.4, 0.5) is 5.82 Å². The van der Waals surface area contributed by atoms with Crippen molar-refractivity contribution in [3.05, 3.63) is 23.9 Å². The molecule has 1 N–H and O–H groups in total. The van der Waals surface area contributed by atoms with E-state index in [9.17, 15) is 0 Å². The van der Waals surface area contributed by atoms with Gasteiger partial charge >= 0.3 is 0 Å². The third-order valence-corrected chi connectivity index (χ3v) is 4.52. The smallest absolute Gasteiger partial charge is 0.128 e. The second-order valence-corrected chi connectivity index (χ2v) is 5.98. The van der Waals surface area contributed by atoms with E-state index >= 15 is 0 Å². The van der Waals surface area contributed by atoms with Gasteiger partial charge in [0.05, 0.1) is 0 Å². The molecule has 0 amide bonds. The number of hydrogen-bond donors (Lipinski definition) is 1. The summed E-state index contributed by atoms with van der Waals surface area (Å²) in [5.41, 5.74) is 1.27. The zero-order chi connectivity index (χ0) is 12.8. The van der Waals surface area contributed by atoms with Crippen LogP contribution in [0.1, 0.15) is 25.3 Å². The monoisotopic (exact) mass is 265 g/mol. The Hall–Kier alpha value is -0.740. The molecule has 2 heterocycles. The highest BCUT2D eigenvalue weighted by atomic mass is 32.2. The molecule has 0 spiro atoms. The van der Waals surface area contributed by atoms with Gasteiger partial charge in [0, 0.05) is 31.6 Å². The van der Waals surface area contributed by atoms with Crippen molar-refractivity contribution < 1.29 is 0 Å². The van der Waals surface area contributed by atoms with Gasteiger partial charge in [-0.3, -0.25) is 0 Å². The molecule has 1 atom stereocenters. The Morgan fingerprint density at radius 2 is 2.39 bits per heavy atom.